The summed E-state index contributed by atoms with van der Waals surface area (Å²) in [4.78, 5) is 24.9. The number of piperidine rings is 1. The lowest BCUT2D eigenvalue weighted by atomic mass is 9.97. The van der Waals surface area contributed by atoms with Gasteiger partial charge in [-0.2, -0.15) is 0 Å². The van der Waals surface area contributed by atoms with Gasteiger partial charge in [0.1, 0.15) is 0 Å². The Morgan fingerprint density at radius 3 is 2.52 bits per heavy atom. The van der Waals surface area contributed by atoms with Gasteiger partial charge in [0.05, 0.1) is 17.5 Å². The van der Waals surface area contributed by atoms with Crippen LogP contribution < -0.4 is 10.6 Å². The maximum Gasteiger partial charge on any atom is 0.253 e. The van der Waals surface area contributed by atoms with Gasteiger partial charge in [-0.25, -0.2) is 12.7 Å². The number of hydrogen-bond acceptors (Lipinski definition) is 5. The van der Waals surface area contributed by atoms with Gasteiger partial charge in [0.25, 0.3) is 5.91 Å². The molecule has 2 rings (SSSR count). The fourth-order valence-corrected chi connectivity index (χ4v) is 3.86. The standard InChI is InChI=1S/C18H27N3O5S/c1-26-13-5-10-19-18(23)15-6-3-4-7-16(15)20-17(22)14-8-11-21(12-9-14)27(2,24)25/h3-4,6-7,14H,5,8-13H2,1-2H3,(H,19,23)(H,20,22). The van der Waals surface area contributed by atoms with Crippen molar-refractivity contribution in [3.63, 3.8) is 0 Å². The smallest absolute Gasteiger partial charge is 0.253 e. The average molecular weight is 397 g/mol. The molecule has 8 nitrogen and oxygen atoms in total. The van der Waals surface area contributed by atoms with E-state index < -0.39 is 10.0 Å². The fourth-order valence-electron chi connectivity index (χ4n) is 2.99. The van der Waals surface area contributed by atoms with Crippen molar-refractivity contribution in [3.05, 3.63) is 29.8 Å². The van der Waals surface area contributed by atoms with Gasteiger partial charge in [-0.15, -0.1) is 0 Å². The van der Waals surface area contributed by atoms with Gasteiger partial charge in [0, 0.05) is 39.3 Å². The van der Waals surface area contributed by atoms with Crippen LogP contribution in [0.2, 0.25) is 0 Å². The van der Waals surface area contributed by atoms with E-state index in [4.69, 9.17) is 4.74 Å². The number of benzene rings is 1. The second-order valence-corrected chi connectivity index (χ2v) is 8.56. The summed E-state index contributed by atoms with van der Waals surface area (Å²) in [7, 11) is -1.62. The number of nitrogens with zero attached hydrogens (tertiary/aromatic N) is 1. The second-order valence-electron chi connectivity index (χ2n) is 6.57. The first-order valence-electron chi connectivity index (χ1n) is 8.95. The molecule has 0 aliphatic carbocycles. The molecule has 150 valence electrons. The molecule has 0 radical (unpaired) electrons. The number of anilines is 1. The minimum absolute atomic E-state index is 0.192. The maximum atomic E-state index is 12.6. The molecule has 2 amide bonds. The zero-order valence-corrected chi connectivity index (χ0v) is 16.5. The summed E-state index contributed by atoms with van der Waals surface area (Å²) in [6, 6.07) is 6.84. The molecule has 1 heterocycles. The quantitative estimate of drug-likeness (QED) is 0.638. The summed E-state index contributed by atoms with van der Waals surface area (Å²) >= 11 is 0. The van der Waals surface area contributed by atoms with Crippen LogP contribution in [0.25, 0.3) is 0 Å². The summed E-state index contributed by atoms with van der Waals surface area (Å²) in [6.07, 6.45) is 2.80. The van der Waals surface area contributed by atoms with E-state index in [1.165, 1.54) is 10.6 Å². The van der Waals surface area contributed by atoms with Crippen molar-refractivity contribution in [3.8, 4) is 0 Å². The molecule has 0 unspecified atom stereocenters. The van der Waals surface area contributed by atoms with Crippen LogP contribution in [-0.4, -0.2) is 64.1 Å². The predicted octanol–water partition coefficient (Wildman–Crippen LogP) is 1.06. The van der Waals surface area contributed by atoms with Gasteiger partial charge in [0.2, 0.25) is 15.9 Å². The van der Waals surface area contributed by atoms with Crippen molar-refractivity contribution in [1.29, 1.82) is 0 Å². The largest absolute Gasteiger partial charge is 0.385 e. The Kier molecular flexibility index (Phi) is 7.76. The number of amides is 2. The Bertz CT molecular complexity index is 758. The van der Waals surface area contributed by atoms with E-state index in [0.29, 0.717) is 56.8 Å². The molecule has 0 spiro atoms. The molecule has 27 heavy (non-hydrogen) atoms. The highest BCUT2D eigenvalue weighted by Crippen LogP contribution is 2.22. The Morgan fingerprint density at radius 2 is 1.89 bits per heavy atom. The fraction of sp³-hybridized carbons (Fsp3) is 0.556. The molecule has 0 saturated carbocycles. The van der Waals surface area contributed by atoms with Crippen LogP contribution in [0.3, 0.4) is 0 Å². The summed E-state index contributed by atoms with van der Waals surface area (Å²) in [5, 5.41) is 5.63. The number of para-hydroxylation sites is 1. The van der Waals surface area contributed by atoms with E-state index in [1.807, 2.05) is 0 Å². The third kappa shape index (κ3) is 6.30. The zero-order chi connectivity index (χ0) is 19.9. The number of sulfonamides is 1. The van der Waals surface area contributed by atoms with Crippen molar-refractivity contribution in [2.75, 3.05) is 44.9 Å². The van der Waals surface area contributed by atoms with E-state index in [-0.39, 0.29) is 17.7 Å². The topological polar surface area (TPSA) is 105 Å². The number of hydrogen-bond donors (Lipinski definition) is 2. The highest BCUT2D eigenvalue weighted by Gasteiger charge is 2.29. The zero-order valence-electron chi connectivity index (χ0n) is 15.7. The summed E-state index contributed by atoms with van der Waals surface area (Å²) in [6.45, 7) is 1.71. The van der Waals surface area contributed by atoms with Crippen molar-refractivity contribution in [2.45, 2.75) is 19.3 Å². The summed E-state index contributed by atoms with van der Waals surface area (Å²) < 4.78 is 29.5. The first-order chi connectivity index (χ1) is 12.8. The lowest BCUT2D eigenvalue weighted by Gasteiger charge is -2.29. The van der Waals surface area contributed by atoms with Crippen LogP contribution in [0.5, 0.6) is 0 Å². The first kappa shape index (κ1) is 21.3. The number of carbonyl (C=O) groups is 2. The minimum atomic E-state index is -3.23. The molecule has 0 bridgehead atoms. The van der Waals surface area contributed by atoms with E-state index >= 15 is 0 Å². The van der Waals surface area contributed by atoms with Crippen LogP contribution >= 0.6 is 0 Å². The molecule has 0 atom stereocenters. The van der Waals surface area contributed by atoms with Crippen LogP contribution in [0.4, 0.5) is 5.69 Å². The molecule has 1 aromatic carbocycles. The summed E-state index contributed by atoms with van der Waals surface area (Å²) in [5.74, 6) is -0.725. The van der Waals surface area contributed by atoms with Gasteiger partial charge >= 0.3 is 0 Å². The second kappa shape index (κ2) is 9.82. The first-order valence-corrected chi connectivity index (χ1v) is 10.8. The molecule has 1 aliphatic rings. The SMILES string of the molecule is COCCCNC(=O)c1ccccc1NC(=O)C1CCN(S(C)(=O)=O)CC1. The number of nitrogens with one attached hydrogen (secondary N) is 2. The molecule has 1 saturated heterocycles. The minimum Gasteiger partial charge on any atom is -0.385 e. The third-order valence-electron chi connectivity index (χ3n) is 4.53. The van der Waals surface area contributed by atoms with Gasteiger partial charge in [-0.1, -0.05) is 12.1 Å². The number of rotatable bonds is 8. The van der Waals surface area contributed by atoms with Crippen molar-refractivity contribution in [1.82, 2.24) is 9.62 Å². The highest BCUT2D eigenvalue weighted by atomic mass is 32.2. The van der Waals surface area contributed by atoms with Crippen molar-refractivity contribution < 1.29 is 22.7 Å². The van der Waals surface area contributed by atoms with Gasteiger partial charge in [-0.05, 0) is 31.4 Å². The molecular weight excluding hydrogens is 370 g/mol. The van der Waals surface area contributed by atoms with Crippen molar-refractivity contribution >= 4 is 27.5 Å². The normalized spacial score (nSPS) is 16.1. The Labute approximate surface area is 160 Å². The Hall–Kier alpha value is -1.97. The number of carbonyl (C=O) groups excluding carboxylic acids is 2. The van der Waals surface area contributed by atoms with E-state index in [1.54, 1.807) is 31.4 Å². The van der Waals surface area contributed by atoms with Gasteiger partial charge in [0.15, 0.2) is 0 Å². The molecule has 1 aromatic rings. The third-order valence-corrected chi connectivity index (χ3v) is 5.84. The van der Waals surface area contributed by atoms with Crippen LogP contribution in [0, 0.1) is 5.92 Å². The van der Waals surface area contributed by atoms with Gasteiger partial charge in [-0.3, -0.25) is 9.59 Å². The molecule has 1 aliphatic heterocycles. The molecule has 2 N–H and O–H groups in total. The molecular formula is C18H27N3O5S. The maximum absolute atomic E-state index is 12.6. The van der Waals surface area contributed by atoms with E-state index in [2.05, 4.69) is 10.6 Å². The van der Waals surface area contributed by atoms with E-state index in [9.17, 15) is 18.0 Å². The van der Waals surface area contributed by atoms with E-state index in [0.717, 1.165) is 0 Å². The molecule has 0 aromatic heterocycles. The summed E-state index contributed by atoms with van der Waals surface area (Å²) in [5.41, 5.74) is 0.856. The predicted molar refractivity (Wildman–Crippen MR) is 103 cm³/mol. The lowest BCUT2D eigenvalue weighted by Crippen LogP contribution is -2.41. The monoisotopic (exact) mass is 397 g/mol. The number of methoxy groups -OCH3 is 1. The van der Waals surface area contributed by atoms with Gasteiger partial charge < -0.3 is 15.4 Å². The molecule has 1 fully saturated rings. The van der Waals surface area contributed by atoms with Crippen LogP contribution in [0.15, 0.2) is 24.3 Å². The Morgan fingerprint density at radius 1 is 1.22 bits per heavy atom. The highest BCUT2D eigenvalue weighted by molar-refractivity contribution is 7.88. The van der Waals surface area contributed by atoms with Crippen molar-refractivity contribution in [2.24, 2.45) is 5.92 Å². The van der Waals surface area contributed by atoms with Crippen LogP contribution in [0.1, 0.15) is 29.6 Å². The average Bonchev–Trinajstić information content (AvgIpc) is 2.65. The number of ether oxygens (including phenoxy) is 1. The molecule has 9 heteroatoms. The lowest BCUT2D eigenvalue weighted by molar-refractivity contribution is -0.120. The Balaban J connectivity index is 1.95. The van der Waals surface area contributed by atoms with Crippen LogP contribution in [-0.2, 0) is 19.6 Å².